The number of nitrogens with two attached hydrogens (primary N) is 2. The largest absolute Gasteiger partial charge is 0.573 e. The first kappa shape index (κ1) is 12.1. The summed E-state index contributed by atoms with van der Waals surface area (Å²) in [5.74, 6) is -0.793. The van der Waals surface area contributed by atoms with Crippen LogP contribution in [-0.4, -0.2) is 11.3 Å². The number of nitrogen functional groups attached to an aromatic ring is 1. The van der Waals surface area contributed by atoms with Gasteiger partial charge in [-0.15, -0.1) is 13.2 Å². The smallest absolute Gasteiger partial charge is 0.402 e. The van der Waals surface area contributed by atoms with E-state index in [4.69, 9.17) is 16.7 Å². The number of ether oxygens (including phenoxy) is 1. The molecule has 16 heavy (non-hydrogen) atoms. The molecule has 0 saturated heterocycles. The van der Waals surface area contributed by atoms with Crippen LogP contribution in [0.2, 0.25) is 0 Å². The maximum atomic E-state index is 12.0. The predicted octanol–water partition coefficient (Wildman–Crippen LogP) is 0.893. The van der Waals surface area contributed by atoms with Gasteiger partial charge in [0.1, 0.15) is 11.9 Å². The van der Waals surface area contributed by atoms with Crippen LogP contribution >= 0.6 is 0 Å². The maximum Gasteiger partial charge on any atom is 0.573 e. The molecule has 0 aliphatic heterocycles. The lowest BCUT2D eigenvalue weighted by Crippen LogP contribution is -2.20. The highest BCUT2D eigenvalue weighted by atomic mass is 19.4. The molecule has 1 aromatic rings. The van der Waals surface area contributed by atoms with Crippen LogP contribution in [0.4, 0.5) is 19.0 Å². The van der Waals surface area contributed by atoms with Crippen molar-refractivity contribution in [2.75, 3.05) is 5.73 Å². The molecule has 5 nitrogen and oxygen atoms in total. The summed E-state index contributed by atoms with van der Waals surface area (Å²) in [6, 6.07) is 2.59. The van der Waals surface area contributed by atoms with Gasteiger partial charge in [0.25, 0.3) is 0 Å². The monoisotopic (exact) mass is 232 g/mol. The SMILES string of the molecule is N#Cc1nc(N)cc(CN)c1OC(F)(F)F. The van der Waals surface area contributed by atoms with Gasteiger partial charge in [-0.05, 0) is 6.07 Å². The van der Waals surface area contributed by atoms with Crippen LogP contribution in [0.3, 0.4) is 0 Å². The minimum absolute atomic E-state index is 0.0265. The Kier molecular flexibility index (Phi) is 3.20. The Morgan fingerprint density at radius 2 is 2.12 bits per heavy atom. The summed E-state index contributed by atoms with van der Waals surface area (Å²) in [5.41, 5.74) is 9.94. The zero-order valence-corrected chi connectivity index (χ0v) is 7.88. The number of aromatic nitrogens is 1. The Hall–Kier alpha value is -2.01. The molecule has 1 aromatic heterocycles. The van der Waals surface area contributed by atoms with E-state index < -0.39 is 17.8 Å². The van der Waals surface area contributed by atoms with Gasteiger partial charge in [-0.3, -0.25) is 0 Å². The number of halogens is 3. The molecule has 8 heteroatoms. The fraction of sp³-hybridized carbons (Fsp3) is 0.250. The second-order valence-electron chi connectivity index (χ2n) is 2.75. The van der Waals surface area contributed by atoms with E-state index in [0.29, 0.717) is 0 Å². The first-order chi connectivity index (χ1) is 7.37. The minimum atomic E-state index is -4.91. The summed E-state index contributed by atoms with van der Waals surface area (Å²) >= 11 is 0. The third kappa shape index (κ3) is 2.74. The van der Waals surface area contributed by atoms with Crippen LogP contribution in [0, 0.1) is 11.3 Å². The highest BCUT2D eigenvalue weighted by Crippen LogP contribution is 2.29. The molecule has 4 N–H and O–H groups in total. The number of pyridine rings is 1. The number of anilines is 1. The summed E-state index contributed by atoms with van der Waals surface area (Å²) in [7, 11) is 0. The lowest BCUT2D eigenvalue weighted by molar-refractivity contribution is -0.275. The number of hydrogen-bond acceptors (Lipinski definition) is 5. The summed E-state index contributed by atoms with van der Waals surface area (Å²) in [4.78, 5) is 3.42. The molecule has 86 valence electrons. The zero-order chi connectivity index (χ0) is 12.3. The average Bonchev–Trinajstić information content (AvgIpc) is 2.18. The lowest BCUT2D eigenvalue weighted by atomic mass is 10.2. The van der Waals surface area contributed by atoms with Crippen molar-refractivity contribution >= 4 is 5.82 Å². The molecule has 0 aliphatic carbocycles. The van der Waals surface area contributed by atoms with Crippen molar-refractivity contribution in [3.8, 4) is 11.8 Å². The van der Waals surface area contributed by atoms with Crippen molar-refractivity contribution in [3.63, 3.8) is 0 Å². The second-order valence-corrected chi connectivity index (χ2v) is 2.75. The lowest BCUT2D eigenvalue weighted by Gasteiger charge is -2.13. The first-order valence-electron chi connectivity index (χ1n) is 4.02. The Labute approximate surface area is 88.4 Å². The van der Waals surface area contributed by atoms with E-state index in [1.54, 1.807) is 0 Å². The van der Waals surface area contributed by atoms with Crippen LogP contribution in [-0.2, 0) is 6.54 Å². The van der Waals surface area contributed by atoms with Gasteiger partial charge in [-0.25, -0.2) is 4.98 Å². The van der Waals surface area contributed by atoms with Gasteiger partial charge < -0.3 is 16.2 Å². The topological polar surface area (TPSA) is 98.0 Å². The summed E-state index contributed by atoms with van der Waals surface area (Å²) in [5, 5.41) is 8.60. The van der Waals surface area contributed by atoms with Crippen LogP contribution in [0.1, 0.15) is 11.3 Å². The number of nitriles is 1. The van der Waals surface area contributed by atoms with Crippen molar-refractivity contribution in [2.24, 2.45) is 5.73 Å². The first-order valence-corrected chi connectivity index (χ1v) is 4.02. The molecule has 0 aliphatic rings. The molecular weight excluding hydrogens is 225 g/mol. The van der Waals surface area contributed by atoms with Crippen LogP contribution < -0.4 is 16.2 Å². The molecule has 0 unspecified atom stereocenters. The molecule has 0 bridgehead atoms. The molecule has 0 radical (unpaired) electrons. The van der Waals surface area contributed by atoms with E-state index in [9.17, 15) is 13.2 Å². The van der Waals surface area contributed by atoms with Gasteiger partial charge in [0.05, 0.1) is 0 Å². The molecule has 0 saturated carbocycles. The average molecular weight is 232 g/mol. The van der Waals surface area contributed by atoms with E-state index in [0.717, 1.165) is 6.07 Å². The van der Waals surface area contributed by atoms with Crippen molar-refractivity contribution < 1.29 is 17.9 Å². The molecule has 1 heterocycles. The molecule has 0 atom stereocenters. The summed E-state index contributed by atoms with van der Waals surface area (Å²) in [6.07, 6.45) is -4.91. The third-order valence-corrected chi connectivity index (χ3v) is 1.61. The third-order valence-electron chi connectivity index (χ3n) is 1.61. The van der Waals surface area contributed by atoms with Gasteiger partial charge in [-0.1, -0.05) is 0 Å². The quantitative estimate of drug-likeness (QED) is 0.789. The van der Waals surface area contributed by atoms with E-state index in [-0.39, 0.29) is 17.9 Å². The Balaban J connectivity index is 3.29. The Bertz CT molecular complexity index is 438. The van der Waals surface area contributed by atoms with Gasteiger partial charge in [0.2, 0.25) is 0 Å². The van der Waals surface area contributed by atoms with E-state index >= 15 is 0 Å². The number of alkyl halides is 3. The molecule has 1 rings (SSSR count). The minimum Gasteiger partial charge on any atom is -0.402 e. The summed E-state index contributed by atoms with van der Waals surface area (Å²) < 4.78 is 39.8. The maximum absolute atomic E-state index is 12.0. The van der Waals surface area contributed by atoms with Crippen molar-refractivity contribution in [3.05, 3.63) is 17.3 Å². The highest BCUT2D eigenvalue weighted by Gasteiger charge is 2.33. The van der Waals surface area contributed by atoms with Crippen LogP contribution in [0.5, 0.6) is 5.75 Å². The molecule has 0 spiro atoms. The second kappa shape index (κ2) is 4.24. The van der Waals surface area contributed by atoms with Gasteiger partial charge in [0, 0.05) is 12.1 Å². The van der Waals surface area contributed by atoms with Crippen LogP contribution in [0.25, 0.3) is 0 Å². The van der Waals surface area contributed by atoms with E-state index in [1.807, 2.05) is 0 Å². The van der Waals surface area contributed by atoms with E-state index in [1.165, 1.54) is 6.07 Å². The normalized spacial score (nSPS) is 10.9. The molecule has 0 amide bonds. The highest BCUT2D eigenvalue weighted by molar-refractivity contribution is 5.50. The van der Waals surface area contributed by atoms with Crippen LogP contribution in [0.15, 0.2) is 6.07 Å². The number of rotatable bonds is 2. The van der Waals surface area contributed by atoms with Gasteiger partial charge in [0.15, 0.2) is 11.4 Å². The van der Waals surface area contributed by atoms with Gasteiger partial charge >= 0.3 is 6.36 Å². The van der Waals surface area contributed by atoms with Crippen molar-refractivity contribution in [2.45, 2.75) is 12.9 Å². The van der Waals surface area contributed by atoms with Crippen molar-refractivity contribution in [1.82, 2.24) is 4.98 Å². The number of hydrogen-bond donors (Lipinski definition) is 2. The van der Waals surface area contributed by atoms with E-state index in [2.05, 4.69) is 9.72 Å². The molecular formula is C8H7F3N4O. The van der Waals surface area contributed by atoms with Gasteiger partial charge in [-0.2, -0.15) is 5.26 Å². The Morgan fingerprint density at radius 1 is 1.50 bits per heavy atom. The van der Waals surface area contributed by atoms with Crippen molar-refractivity contribution in [1.29, 1.82) is 5.26 Å². The summed E-state index contributed by atoms with van der Waals surface area (Å²) in [6.45, 7) is -0.243. The molecule has 0 aromatic carbocycles. The zero-order valence-electron chi connectivity index (χ0n) is 7.88. The Morgan fingerprint density at radius 3 is 2.56 bits per heavy atom. The predicted molar refractivity (Wildman–Crippen MR) is 47.9 cm³/mol. The molecule has 0 fully saturated rings. The fourth-order valence-corrected chi connectivity index (χ4v) is 1.07. The standard InChI is InChI=1S/C8H7F3N4O/c9-8(10,11)16-7-4(2-12)1-6(14)15-5(7)3-13/h1H,2,12H2,(H2,14,15). The fourth-order valence-electron chi connectivity index (χ4n) is 1.07. The number of nitrogens with zero attached hydrogens (tertiary/aromatic N) is 2.